The highest BCUT2D eigenvalue weighted by molar-refractivity contribution is 8.00. The average molecular weight is 249 g/mol. The van der Waals surface area contributed by atoms with Gasteiger partial charge in [0.2, 0.25) is 0 Å². The summed E-state index contributed by atoms with van der Waals surface area (Å²) >= 11 is 1.39. The molecule has 1 rings (SSSR count). The van der Waals surface area contributed by atoms with Gasteiger partial charge in [0.15, 0.2) is 0 Å². The van der Waals surface area contributed by atoms with Gasteiger partial charge >= 0.3 is 5.97 Å². The first-order valence-electron chi connectivity index (χ1n) is 5.24. The summed E-state index contributed by atoms with van der Waals surface area (Å²) in [7, 11) is 0. The number of carboxylic acids is 1. The molecular weight excluding hydrogens is 234 g/mol. The maximum Gasteiger partial charge on any atom is 0.319 e. The molecule has 1 aromatic carbocycles. The average Bonchev–Trinajstić information content (AvgIpc) is 2.27. The molecule has 1 aromatic rings. The van der Waals surface area contributed by atoms with E-state index in [2.05, 4.69) is 6.07 Å². The van der Waals surface area contributed by atoms with Crippen LogP contribution in [0.1, 0.15) is 30.5 Å². The highest BCUT2D eigenvalue weighted by atomic mass is 32.2. The van der Waals surface area contributed by atoms with Crippen LogP contribution >= 0.6 is 11.8 Å². The molecule has 0 saturated carbocycles. The Morgan fingerprint density at radius 2 is 2.18 bits per heavy atom. The lowest BCUT2D eigenvalue weighted by molar-refractivity contribution is -0.138. The minimum absolute atomic E-state index is 0.633. The molecule has 90 valence electrons. The van der Waals surface area contributed by atoms with Crippen LogP contribution in [0.25, 0.3) is 0 Å². The van der Waals surface area contributed by atoms with E-state index in [-0.39, 0.29) is 0 Å². The number of carbonyl (C=O) groups is 1. The van der Waals surface area contributed by atoms with Gasteiger partial charge in [-0.25, -0.2) is 0 Å². The minimum atomic E-state index is -0.811. The normalized spacial score (nSPS) is 10.9. The Morgan fingerprint density at radius 1 is 1.53 bits per heavy atom. The topological polar surface area (TPSA) is 61.1 Å². The Bertz CT molecular complexity index is 475. The molecule has 0 aliphatic heterocycles. The molecule has 0 amide bonds. The summed E-state index contributed by atoms with van der Waals surface area (Å²) in [6, 6.07) is 7.56. The van der Waals surface area contributed by atoms with Crippen molar-refractivity contribution in [2.75, 3.05) is 0 Å². The molecule has 0 atom stereocenters. The van der Waals surface area contributed by atoms with Gasteiger partial charge in [0, 0.05) is 5.75 Å². The van der Waals surface area contributed by atoms with Crippen molar-refractivity contribution in [1.82, 2.24) is 0 Å². The number of hydrogen-bond donors (Lipinski definition) is 1. The molecule has 0 unspecified atom stereocenters. The second-order valence-corrected chi connectivity index (χ2v) is 5.96. The van der Waals surface area contributed by atoms with Gasteiger partial charge in [0.25, 0.3) is 0 Å². The molecule has 4 heteroatoms. The third-order valence-corrected chi connectivity index (χ3v) is 3.93. The zero-order valence-corrected chi connectivity index (χ0v) is 11.0. The van der Waals surface area contributed by atoms with Crippen molar-refractivity contribution in [2.45, 2.75) is 31.3 Å². The van der Waals surface area contributed by atoms with Crippen LogP contribution in [-0.4, -0.2) is 15.8 Å². The summed E-state index contributed by atoms with van der Waals surface area (Å²) < 4.78 is -0.791. The fourth-order valence-electron chi connectivity index (χ4n) is 1.25. The summed E-state index contributed by atoms with van der Waals surface area (Å²) in [5.74, 6) is -0.176. The molecule has 0 fully saturated rings. The van der Waals surface area contributed by atoms with E-state index in [1.54, 1.807) is 19.9 Å². The Morgan fingerprint density at radius 3 is 2.65 bits per heavy atom. The van der Waals surface area contributed by atoms with E-state index in [9.17, 15) is 4.79 Å². The van der Waals surface area contributed by atoms with Crippen molar-refractivity contribution in [2.24, 2.45) is 0 Å². The summed E-state index contributed by atoms with van der Waals surface area (Å²) in [6.07, 6.45) is 0. The third-order valence-electron chi connectivity index (χ3n) is 2.58. The maximum atomic E-state index is 11.0. The zero-order valence-electron chi connectivity index (χ0n) is 10.2. The van der Waals surface area contributed by atoms with Crippen LogP contribution in [-0.2, 0) is 10.5 Å². The number of rotatable bonds is 4. The standard InChI is InChI=1S/C13H15NO2S/c1-9-6-10(7-14)4-5-11(9)8-17-13(2,3)12(15)16/h4-6H,8H2,1-3H3,(H,15,16). The predicted molar refractivity (Wildman–Crippen MR) is 68.9 cm³/mol. The zero-order chi connectivity index (χ0) is 13.1. The first-order valence-corrected chi connectivity index (χ1v) is 6.22. The molecule has 0 bridgehead atoms. The van der Waals surface area contributed by atoms with Gasteiger partial charge in [-0.3, -0.25) is 4.79 Å². The van der Waals surface area contributed by atoms with Crippen LogP contribution in [0.5, 0.6) is 0 Å². The number of aryl methyl sites for hydroxylation is 1. The summed E-state index contributed by atoms with van der Waals surface area (Å²) in [5, 5.41) is 17.8. The summed E-state index contributed by atoms with van der Waals surface area (Å²) in [4.78, 5) is 11.0. The molecule has 0 spiro atoms. The lowest BCUT2D eigenvalue weighted by Gasteiger charge is -2.18. The minimum Gasteiger partial charge on any atom is -0.480 e. The number of aliphatic carboxylic acids is 1. The van der Waals surface area contributed by atoms with Crippen molar-refractivity contribution in [1.29, 1.82) is 5.26 Å². The maximum absolute atomic E-state index is 11.0. The lowest BCUT2D eigenvalue weighted by atomic mass is 10.1. The highest BCUT2D eigenvalue weighted by Crippen LogP contribution is 2.29. The summed E-state index contributed by atoms with van der Waals surface area (Å²) in [6.45, 7) is 5.32. The Balaban J connectivity index is 2.78. The SMILES string of the molecule is Cc1cc(C#N)ccc1CSC(C)(C)C(=O)O. The van der Waals surface area contributed by atoms with Crippen LogP contribution < -0.4 is 0 Å². The smallest absolute Gasteiger partial charge is 0.319 e. The van der Waals surface area contributed by atoms with Crippen LogP contribution in [0, 0.1) is 18.3 Å². The molecule has 0 saturated heterocycles. The fraction of sp³-hybridized carbons (Fsp3) is 0.385. The Hall–Kier alpha value is -1.47. The van der Waals surface area contributed by atoms with Crippen LogP contribution in [0.4, 0.5) is 0 Å². The third kappa shape index (κ3) is 3.50. The van der Waals surface area contributed by atoms with E-state index in [0.717, 1.165) is 11.1 Å². The lowest BCUT2D eigenvalue weighted by Crippen LogP contribution is -2.27. The van der Waals surface area contributed by atoms with Crippen molar-refractivity contribution < 1.29 is 9.90 Å². The second kappa shape index (κ2) is 5.24. The molecule has 3 nitrogen and oxygen atoms in total. The Labute approximate surface area is 105 Å². The molecule has 0 heterocycles. The molecule has 0 radical (unpaired) electrons. The number of hydrogen-bond acceptors (Lipinski definition) is 3. The van der Waals surface area contributed by atoms with Crippen molar-refractivity contribution in [3.8, 4) is 6.07 Å². The van der Waals surface area contributed by atoms with Crippen LogP contribution in [0.15, 0.2) is 18.2 Å². The second-order valence-electron chi connectivity index (χ2n) is 4.36. The van der Waals surface area contributed by atoms with E-state index in [1.165, 1.54) is 11.8 Å². The van der Waals surface area contributed by atoms with Gasteiger partial charge in [-0.15, -0.1) is 11.8 Å². The number of nitriles is 1. The van der Waals surface area contributed by atoms with Crippen molar-refractivity contribution in [3.63, 3.8) is 0 Å². The van der Waals surface area contributed by atoms with Gasteiger partial charge in [0.05, 0.1) is 11.6 Å². The van der Waals surface area contributed by atoms with E-state index in [4.69, 9.17) is 10.4 Å². The quantitative estimate of drug-likeness (QED) is 0.891. The predicted octanol–water partition coefficient (Wildman–Crippen LogP) is 2.96. The largest absolute Gasteiger partial charge is 0.480 e. The molecule has 0 aromatic heterocycles. The highest BCUT2D eigenvalue weighted by Gasteiger charge is 2.27. The first-order chi connectivity index (χ1) is 7.86. The number of benzene rings is 1. The van der Waals surface area contributed by atoms with Gasteiger partial charge in [0.1, 0.15) is 4.75 Å². The van der Waals surface area contributed by atoms with E-state index in [0.29, 0.717) is 11.3 Å². The van der Waals surface area contributed by atoms with Crippen molar-refractivity contribution >= 4 is 17.7 Å². The Kier molecular flexibility index (Phi) is 4.19. The van der Waals surface area contributed by atoms with Gasteiger partial charge < -0.3 is 5.11 Å². The molecule has 17 heavy (non-hydrogen) atoms. The van der Waals surface area contributed by atoms with Crippen molar-refractivity contribution in [3.05, 3.63) is 34.9 Å². The summed E-state index contributed by atoms with van der Waals surface area (Å²) in [5.41, 5.74) is 2.73. The number of nitrogens with zero attached hydrogens (tertiary/aromatic N) is 1. The van der Waals surface area contributed by atoms with Gasteiger partial charge in [-0.2, -0.15) is 5.26 Å². The molecule has 0 aliphatic carbocycles. The van der Waals surface area contributed by atoms with Gasteiger partial charge in [-0.05, 0) is 44.0 Å². The van der Waals surface area contributed by atoms with E-state index < -0.39 is 10.7 Å². The van der Waals surface area contributed by atoms with E-state index in [1.807, 2.05) is 19.1 Å². The monoisotopic (exact) mass is 249 g/mol. The van der Waals surface area contributed by atoms with Crippen LogP contribution in [0.3, 0.4) is 0 Å². The van der Waals surface area contributed by atoms with Gasteiger partial charge in [-0.1, -0.05) is 6.07 Å². The molecule has 1 N–H and O–H groups in total. The van der Waals surface area contributed by atoms with E-state index >= 15 is 0 Å². The number of carboxylic acid groups (broad SMARTS) is 1. The molecule has 0 aliphatic rings. The molecular formula is C13H15NO2S. The first kappa shape index (κ1) is 13.6. The fourth-order valence-corrected chi connectivity index (χ4v) is 2.21. The number of thioether (sulfide) groups is 1. The van der Waals surface area contributed by atoms with Crippen LogP contribution in [0.2, 0.25) is 0 Å².